The maximum absolute atomic E-state index is 7.15. The first kappa shape index (κ1) is 27.3. The first-order valence-electron chi connectivity index (χ1n) is 12.7. The Morgan fingerprint density at radius 2 is 1.14 bits per heavy atom. The van der Waals surface area contributed by atoms with Crippen LogP contribution in [-0.2, 0) is 20.5 Å². The summed E-state index contributed by atoms with van der Waals surface area (Å²) in [5, 5.41) is 2.57. The van der Waals surface area contributed by atoms with Gasteiger partial charge in [-0.3, -0.25) is 0 Å². The fourth-order valence-corrected chi connectivity index (χ4v) is 9.84. The third kappa shape index (κ3) is 6.71. The zero-order valence-electron chi connectivity index (χ0n) is 22.2. The molecule has 35 heavy (non-hydrogen) atoms. The topological polar surface area (TPSA) is 27.7 Å². The zero-order chi connectivity index (χ0) is 25.3. The van der Waals surface area contributed by atoms with Gasteiger partial charge in [0.2, 0.25) is 0 Å². The van der Waals surface area contributed by atoms with Gasteiger partial charge >= 0.3 is 0 Å². The second kappa shape index (κ2) is 12.6. The highest BCUT2D eigenvalue weighted by Gasteiger charge is 2.50. The molecule has 3 aromatic rings. The normalized spacial score (nSPS) is 14.9. The first-order valence-corrected chi connectivity index (χ1v) is 14.6. The van der Waals surface area contributed by atoms with E-state index in [4.69, 9.17) is 13.9 Å². The highest BCUT2D eigenvalue weighted by molar-refractivity contribution is 6.99. The van der Waals surface area contributed by atoms with Gasteiger partial charge in [0, 0.05) is 25.6 Å². The predicted octanol–water partition coefficient (Wildman–Crippen LogP) is 6.07. The molecule has 0 spiro atoms. The van der Waals surface area contributed by atoms with Crippen LogP contribution in [0.15, 0.2) is 91.0 Å². The van der Waals surface area contributed by atoms with E-state index in [1.165, 1.54) is 15.9 Å². The SMILES string of the molecule is CO[C@@H]([C@@H](C)COCc1ccccc1)[C@@H](C)CO[Si](c1ccccc1)(c1ccccc1)C(C)(C)C. The number of hydrogen-bond donors (Lipinski definition) is 0. The third-order valence-electron chi connectivity index (χ3n) is 6.87. The quantitative estimate of drug-likeness (QED) is 0.289. The molecule has 0 radical (unpaired) electrons. The minimum atomic E-state index is -2.56. The Balaban J connectivity index is 1.76. The second-order valence-corrected chi connectivity index (χ2v) is 14.9. The summed E-state index contributed by atoms with van der Waals surface area (Å²) in [6.45, 7) is 13.3. The van der Waals surface area contributed by atoms with Crippen LogP contribution in [-0.4, -0.2) is 34.7 Å². The lowest BCUT2D eigenvalue weighted by Gasteiger charge is -2.44. The molecule has 0 amide bonds. The summed E-state index contributed by atoms with van der Waals surface area (Å²) < 4.78 is 19.2. The monoisotopic (exact) mass is 490 g/mol. The van der Waals surface area contributed by atoms with Crippen molar-refractivity contribution in [2.75, 3.05) is 20.3 Å². The smallest absolute Gasteiger partial charge is 0.261 e. The molecule has 188 valence electrons. The predicted molar refractivity (Wildman–Crippen MR) is 149 cm³/mol. The van der Waals surface area contributed by atoms with Gasteiger partial charge in [-0.1, -0.05) is 126 Å². The van der Waals surface area contributed by atoms with E-state index in [1.54, 1.807) is 7.11 Å². The van der Waals surface area contributed by atoms with Crippen LogP contribution >= 0.6 is 0 Å². The number of hydrogen-bond acceptors (Lipinski definition) is 3. The van der Waals surface area contributed by atoms with Crippen molar-refractivity contribution in [3.63, 3.8) is 0 Å². The molecule has 3 nitrogen and oxygen atoms in total. The molecule has 0 aliphatic heterocycles. The van der Waals surface area contributed by atoms with Crippen molar-refractivity contribution in [2.45, 2.75) is 52.4 Å². The van der Waals surface area contributed by atoms with Crippen molar-refractivity contribution in [3.05, 3.63) is 96.6 Å². The molecule has 0 N–H and O–H groups in total. The van der Waals surface area contributed by atoms with Crippen LogP contribution in [0.1, 0.15) is 40.2 Å². The summed E-state index contributed by atoms with van der Waals surface area (Å²) in [6, 6.07) is 31.9. The Morgan fingerprint density at radius 3 is 1.60 bits per heavy atom. The molecule has 0 fully saturated rings. The highest BCUT2D eigenvalue weighted by atomic mass is 28.4. The molecule has 0 aliphatic rings. The van der Waals surface area contributed by atoms with Crippen LogP contribution in [0.3, 0.4) is 0 Å². The maximum Gasteiger partial charge on any atom is 0.261 e. The van der Waals surface area contributed by atoms with Crippen LogP contribution in [0.5, 0.6) is 0 Å². The van der Waals surface area contributed by atoms with Crippen LogP contribution in [0.4, 0.5) is 0 Å². The Kier molecular flexibility index (Phi) is 9.87. The molecular weight excluding hydrogens is 448 g/mol. The number of rotatable bonds is 12. The van der Waals surface area contributed by atoms with Gasteiger partial charge in [-0.15, -0.1) is 0 Å². The van der Waals surface area contributed by atoms with E-state index in [0.29, 0.717) is 19.8 Å². The molecule has 0 saturated carbocycles. The van der Waals surface area contributed by atoms with E-state index in [-0.39, 0.29) is 23.0 Å². The Hall–Kier alpha value is -2.24. The third-order valence-corrected chi connectivity index (χ3v) is 11.9. The summed E-state index contributed by atoms with van der Waals surface area (Å²) in [6.07, 6.45) is 0.0454. The first-order chi connectivity index (χ1) is 16.8. The fraction of sp³-hybridized carbons (Fsp3) is 0.419. The molecular formula is C31H42O3Si. The molecule has 0 heterocycles. The highest BCUT2D eigenvalue weighted by Crippen LogP contribution is 2.37. The van der Waals surface area contributed by atoms with Crippen molar-refractivity contribution >= 4 is 18.7 Å². The van der Waals surface area contributed by atoms with Gasteiger partial charge in [-0.25, -0.2) is 0 Å². The van der Waals surface area contributed by atoms with Crippen molar-refractivity contribution < 1.29 is 13.9 Å². The van der Waals surface area contributed by atoms with Gasteiger partial charge in [-0.05, 0) is 21.0 Å². The maximum atomic E-state index is 7.15. The van der Waals surface area contributed by atoms with Crippen molar-refractivity contribution in [2.24, 2.45) is 11.8 Å². The molecule has 0 aromatic heterocycles. The molecule has 0 bridgehead atoms. The van der Waals surface area contributed by atoms with Gasteiger partial charge in [0.25, 0.3) is 8.32 Å². The molecule has 3 rings (SSSR count). The average molecular weight is 491 g/mol. The van der Waals surface area contributed by atoms with Crippen molar-refractivity contribution in [3.8, 4) is 0 Å². The lowest BCUT2D eigenvalue weighted by Crippen LogP contribution is -2.67. The zero-order valence-corrected chi connectivity index (χ0v) is 23.2. The summed E-state index contributed by atoms with van der Waals surface area (Å²) in [5.41, 5.74) is 1.19. The fourth-order valence-electron chi connectivity index (χ4n) is 5.17. The number of ether oxygens (including phenoxy) is 2. The van der Waals surface area contributed by atoms with E-state index in [0.717, 1.165) is 0 Å². The number of methoxy groups -OCH3 is 1. The largest absolute Gasteiger partial charge is 0.407 e. The average Bonchev–Trinajstić information content (AvgIpc) is 2.86. The van der Waals surface area contributed by atoms with E-state index >= 15 is 0 Å². The summed E-state index contributed by atoms with van der Waals surface area (Å²) in [7, 11) is -0.759. The Labute approximate surface area is 213 Å². The van der Waals surface area contributed by atoms with Gasteiger partial charge in [0.15, 0.2) is 0 Å². The van der Waals surface area contributed by atoms with Crippen molar-refractivity contribution in [1.29, 1.82) is 0 Å². The summed E-state index contributed by atoms with van der Waals surface area (Å²) >= 11 is 0. The Morgan fingerprint density at radius 1 is 0.686 bits per heavy atom. The van der Waals surface area contributed by atoms with Crippen LogP contribution in [0, 0.1) is 11.8 Å². The second-order valence-electron chi connectivity index (χ2n) is 10.6. The van der Waals surface area contributed by atoms with E-state index in [2.05, 4.69) is 107 Å². The van der Waals surface area contributed by atoms with E-state index in [9.17, 15) is 0 Å². The minimum Gasteiger partial charge on any atom is -0.407 e. The van der Waals surface area contributed by atoms with Crippen LogP contribution < -0.4 is 10.4 Å². The number of benzene rings is 3. The summed E-state index contributed by atoms with van der Waals surface area (Å²) in [4.78, 5) is 0. The van der Waals surface area contributed by atoms with E-state index in [1.807, 2.05) is 18.2 Å². The molecule has 0 saturated heterocycles. The molecule has 3 aromatic carbocycles. The van der Waals surface area contributed by atoms with Gasteiger partial charge in [0.1, 0.15) is 0 Å². The van der Waals surface area contributed by atoms with Gasteiger partial charge in [-0.2, -0.15) is 0 Å². The molecule has 0 aliphatic carbocycles. The lowest BCUT2D eigenvalue weighted by molar-refractivity contribution is -0.0331. The molecule has 3 atom stereocenters. The molecule has 4 heteroatoms. The van der Waals surface area contributed by atoms with Crippen molar-refractivity contribution in [1.82, 2.24) is 0 Å². The summed E-state index contributed by atoms with van der Waals surface area (Å²) in [5.74, 6) is 0.471. The van der Waals surface area contributed by atoms with Crippen LogP contribution in [0.2, 0.25) is 5.04 Å². The van der Waals surface area contributed by atoms with Gasteiger partial charge < -0.3 is 13.9 Å². The van der Waals surface area contributed by atoms with Crippen LogP contribution in [0.25, 0.3) is 0 Å². The Bertz CT molecular complexity index is 947. The minimum absolute atomic E-state index is 0.0393. The lowest BCUT2D eigenvalue weighted by atomic mass is 9.94. The van der Waals surface area contributed by atoms with E-state index < -0.39 is 8.32 Å². The molecule has 0 unspecified atom stereocenters. The van der Waals surface area contributed by atoms with Gasteiger partial charge in [0.05, 0.1) is 19.3 Å². The standard InChI is InChI=1S/C31H42O3Si/c1-25(22-33-24-27-16-10-7-11-17-27)30(32-6)26(2)23-34-35(31(3,4)5,28-18-12-8-13-19-28)29-20-14-9-15-21-29/h7-21,25-26,30H,22-24H2,1-6H3/t25-,26-,30-/m0/s1.